The Morgan fingerprint density at radius 1 is 1.36 bits per heavy atom. The summed E-state index contributed by atoms with van der Waals surface area (Å²) in [6.07, 6.45) is 8.35. The molecule has 0 aliphatic carbocycles. The molecule has 0 radical (unpaired) electrons. The highest BCUT2D eigenvalue weighted by molar-refractivity contribution is 5.91. The zero-order valence-corrected chi connectivity index (χ0v) is 14.1. The molecule has 0 unspecified atom stereocenters. The minimum absolute atomic E-state index is 0.0585. The van der Waals surface area contributed by atoms with Gasteiger partial charge >= 0.3 is 0 Å². The van der Waals surface area contributed by atoms with E-state index in [1.54, 1.807) is 12.1 Å². The maximum atomic E-state index is 12.0. The van der Waals surface area contributed by atoms with Crippen molar-refractivity contribution >= 4 is 5.91 Å². The second kappa shape index (κ2) is 7.32. The Labute approximate surface area is 133 Å². The molecular formula is C18H29NO3. The van der Waals surface area contributed by atoms with Crippen molar-refractivity contribution in [3.8, 4) is 0 Å². The number of carbonyl (C=O) groups is 1. The Morgan fingerprint density at radius 3 is 2.82 bits per heavy atom. The van der Waals surface area contributed by atoms with Gasteiger partial charge in [0.05, 0.1) is 11.9 Å². The van der Waals surface area contributed by atoms with Crippen LogP contribution >= 0.6 is 0 Å². The number of hydrogen-bond donors (Lipinski definition) is 1. The molecule has 1 fully saturated rings. The number of furan rings is 1. The number of amides is 1. The van der Waals surface area contributed by atoms with Crippen molar-refractivity contribution in [3.63, 3.8) is 0 Å². The van der Waals surface area contributed by atoms with E-state index in [4.69, 9.17) is 9.15 Å². The molecule has 22 heavy (non-hydrogen) atoms. The van der Waals surface area contributed by atoms with E-state index < -0.39 is 0 Å². The van der Waals surface area contributed by atoms with Gasteiger partial charge in [-0.05, 0) is 57.1 Å². The molecule has 0 bridgehead atoms. The molecule has 1 N–H and O–H groups in total. The monoisotopic (exact) mass is 307 g/mol. The van der Waals surface area contributed by atoms with E-state index >= 15 is 0 Å². The van der Waals surface area contributed by atoms with Crippen LogP contribution in [0.1, 0.15) is 69.9 Å². The number of ether oxygens (including phenoxy) is 1. The first kappa shape index (κ1) is 17.1. The number of hydrogen-bond acceptors (Lipinski definition) is 3. The third kappa shape index (κ3) is 4.60. The molecule has 1 amide bonds. The quantitative estimate of drug-likeness (QED) is 0.822. The third-order valence-corrected chi connectivity index (χ3v) is 4.67. The number of carbonyl (C=O) groups excluding carboxylic acids is 1. The maximum Gasteiger partial charge on any atom is 0.286 e. The van der Waals surface area contributed by atoms with Crippen LogP contribution in [0.25, 0.3) is 0 Å². The summed E-state index contributed by atoms with van der Waals surface area (Å²) < 4.78 is 11.0. The van der Waals surface area contributed by atoms with Gasteiger partial charge in [0.2, 0.25) is 0 Å². The zero-order valence-electron chi connectivity index (χ0n) is 14.1. The summed E-state index contributed by atoms with van der Waals surface area (Å²) in [4.78, 5) is 12.0. The lowest BCUT2D eigenvalue weighted by Crippen LogP contribution is -2.43. The van der Waals surface area contributed by atoms with Crippen LogP contribution < -0.4 is 5.32 Å². The fourth-order valence-electron chi connectivity index (χ4n) is 3.63. The maximum absolute atomic E-state index is 12.0. The van der Waals surface area contributed by atoms with Crippen molar-refractivity contribution in [3.05, 3.63) is 24.2 Å². The van der Waals surface area contributed by atoms with Gasteiger partial charge in [-0.3, -0.25) is 4.79 Å². The Kier molecular flexibility index (Phi) is 5.68. The SMILES string of the molecule is CCCC[C@@]1(CCNC(=O)c2ccco2)CCOC(C)(C)C1. The van der Waals surface area contributed by atoms with Crippen LogP contribution in [0, 0.1) is 5.41 Å². The second-order valence-electron chi connectivity index (χ2n) is 7.12. The number of nitrogens with one attached hydrogen (secondary N) is 1. The van der Waals surface area contributed by atoms with Crippen LogP contribution in [-0.2, 0) is 4.74 Å². The molecule has 1 aromatic rings. The Balaban J connectivity index is 1.91. The van der Waals surface area contributed by atoms with E-state index in [0.29, 0.717) is 12.3 Å². The summed E-state index contributed by atoms with van der Waals surface area (Å²) in [7, 11) is 0. The molecule has 1 atom stereocenters. The smallest absolute Gasteiger partial charge is 0.286 e. The summed E-state index contributed by atoms with van der Waals surface area (Å²) in [5.74, 6) is 0.261. The number of rotatable bonds is 7. The first-order valence-electron chi connectivity index (χ1n) is 8.42. The molecule has 2 rings (SSSR count). The summed E-state index contributed by atoms with van der Waals surface area (Å²) in [6.45, 7) is 8.10. The molecule has 1 aliphatic heterocycles. The van der Waals surface area contributed by atoms with Gasteiger partial charge in [0.15, 0.2) is 5.76 Å². The molecule has 1 aromatic heterocycles. The predicted octanol–water partition coefficient (Wildman–Crippen LogP) is 4.17. The van der Waals surface area contributed by atoms with Crippen molar-refractivity contribution in [2.45, 2.75) is 64.9 Å². The van der Waals surface area contributed by atoms with Gasteiger partial charge in [0, 0.05) is 13.2 Å². The van der Waals surface area contributed by atoms with Gasteiger partial charge < -0.3 is 14.5 Å². The lowest BCUT2D eigenvalue weighted by Gasteiger charge is -2.45. The van der Waals surface area contributed by atoms with Crippen molar-refractivity contribution in [1.82, 2.24) is 5.32 Å². The van der Waals surface area contributed by atoms with Gasteiger partial charge in [-0.1, -0.05) is 19.8 Å². The Hall–Kier alpha value is -1.29. The van der Waals surface area contributed by atoms with Gasteiger partial charge in [0.25, 0.3) is 5.91 Å². The lowest BCUT2D eigenvalue weighted by molar-refractivity contribution is -0.109. The van der Waals surface area contributed by atoms with Gasteiger partial charge in [0.1, 0.15) is 0 Å². The molecule has 2 heterocycles. The highest BCUT2D eigenvalue weighted by atomic mass is 16.5. The number of unbranched alkanes of at least 4 members (excludes halogenated alkanes) is 1. The standard InChI is InChI=1S/C18H29NO3/c1-4-5-8-18(10-13-22-17(2,3)14-18)9-11-19-16(20)15-7-6-12-21-15/h6-7,12H,4-5,8-11,13-14H2,1-3H3,(H,19,20)/t18-/m1/s1. The average Bonchev–Trinajstić information content (AvgIpc) is 2.98. The van der Waals surface area contributed by atoms with Crippen LogP contribution in [0.3, 0.4) is 0 Å². The minimum Gasteiger partial charge on any atom is -0.459 e. The van der Waals surface area contributed by atoms with E-state index in [1.165, 1.54) is 25.5 Å². The average molecular weight is 307 g/mol. The normalized spacial score (nSPS) is 24.1. The zero-order chi connectivity index (χ0) is 16.1. The molecule has 4 heteroatoms. The molecule has 124 valence electrons. The van der Waals surface area contributed by atoms with Crippen molar-refractivity contribution in [2.24, 2.45) is 5.41 Å². The van der Waals surface area contributed by atoms with Crippen LogP contribution in [0.4, 0.5) is 0 Å². The van der Waals surface area contributed by atoms with Crippen molar-refractivity contribution < 1.29 is 13.9 Å². The summed E-state index contributed by atoms with van der Waals surface area (Å²) in [5.41, 5.74) is 0.227. The third-order valence-electron chi connectivity index (χ3n) is 4.67. The molecule has 0 saturated carbocycles. The predicted molar refractivity (Wildman–Crippen MR) is 86.9 cm³/mol. The molecule has 1 saturated heterocycles. The molecule has 0 spiro atoms. The first-order chi connectivity index (χ1) is 10.5. The van der Waals surface area contributed by atoms with Crippen molar-refractivity contribution in [2.75, 3.05) is 13.2 Å². The molecule has 1 aliphatic rings. The molecule has 0 aromatic carbocycles. The fraction of sp³-hybridized carbons (Fsp3) is 0.722. The summed E-state index contributed by atoms with van der Waals surface area (Å²) >= 11 is 0. The summed E-state index contributed by atoms with van der Waals surface area (Å²) in [5, 5.41) is 2.99. The topological polar surface area (TPSA) is 51.5 Å². The van der Waals surface area contributed by atoms with E-state index in [2.05, 4.69) is 26.1 Å². The Morgan fingerprint density at radius 2 is 2.18 bits per heavy atom. The van der Waals surface area contributed by atoms with E-state index in [0.717, 1.165) is 25.9 Å². The molecule has 4 nitrogen and oxygen atoms in total. The first-order valence-corrected chi connectivity index (χ1v) is 8.42. The van der Waals surface area contributed by atoms with Crippen LogP contribution in [0.2, 0.25) is 0 Å². The fourth-order valence-corrected chi connectivity index (χ4v) is 3.63. The van der Waals surface area contributed by atoms with Gasteiger partial charge in [-0.2, -0.15) is 0 Å². The largest absolute Gasteiger partial charge is 0.459 e. The highest BCUT2D eigenvalue weighted by Crippen LogP contribution is 2.44. The van der Waals surface area contributed by atoms with E-state index in [-0.39, 0.29) is 16.9 Å². The van der Waals surface area contributed by atoms with E-state index in [9.17, 15) is 4.79 Å². The van der Waals surface area contributed by atoms with Gasteiger partial charge in [-0.25, -0.2) is 0 Å². The van der Waals surface area contributed by atoms with Crippen LogP contribution in [0.5, 0.6) is 0 Å². The summed E-state index contributed by atoms with van der Waals surface area (Å²) in [6, 6.07) is 3.43. The molecular weight excluding hydrogens is 278 g/mol. The van der Waals surface area contributed by atoms with E-state index in [1.807, 2.05) is 0 Å². The second-order valence-corrected chi connectivity index (χ2v) is 7.12. The van der Waals surface area contributed by atoms with Crippen LogP contribution in [-0.4, -0.2) is 24.7 Å². The Bertz CT molecular complexity index is 467. The van der Waals surface area contributed by atoms with Crippen LogP contribution in [0.15, 0.2) is 22.8 Å². The minimum atomic E-state index is -0.123. The van der Waals surface area contributed by atoms with Crippen molar-refractivity contribution in [1.29, 1.82) is 0 Å². The highest BCUT2D eigenvalue weighted by Gasteiger charge is 2.39. The van der Waals surface area contributed by atoms with Gasteiger partial charge in [-0.15, -0.1) is 0 Å². The lowest BCUT2D eigenvalue weighted by atomic mass is 9.69.